The summed E-state index contributed by atoms with van der Waals surface area (Å²) in [5.74, 6) is -0.907. The molecule has 0 bridgehead atoms. The van der Waals surface area contributed by atoms with Crippen molar-refractivity contribution in [3.63, 3.8) is 0 Å². The molecular weight excluding hydrogens is 439 g/mol. The number of amides is 2. The van der Waals surface area contributed by atoms with E-state index in [1.807, 2.05) is 31.2 Å². The number of hydrogen-bond donors (Lipinski definition) is 2. The van der Waals surface area contributed by atoms with Crippen LogP contribution in [-0.4, -0.2) is 27.6 Å². The summed E-state index contributed by atoms with van der Waals surface area (Å²) in [6.07, 6.45) is 3.60. The lowest BCUT2D eigenvalue weighted by molar-refractivity contribution is 0.0952. The lowest BCUT2D eigenvalue weighted by Crippen LogP contribution is -2.26. The van der Waals surface area contributed by atoms with Gasteiger partial charge in [0.15, 0.2) is 0 Å². The van der Waals surface area contributed by atoms with Crippen LogP contribution in [0.2, 0.25) is 0 Å². The molecule has 8 heteroatoms. The van der Waals surface area contributed by atoms with E-state index in [1.165, 1.54) is 23.5 Å². The molecule has 33 heavy (non-hydrogen) atoms. The van der Waals surface area contributed by atoms with Crippen molar-refractivity contribution in [2.75, 3.05) is 5.32 Å². The predicted octanol–water partition coefficient (Wildman–Crippen LogP) is 5.19. The van der Waals surface area contributed by atoms with E-state index in [0.717, 1.165) is 24.0 Å². The van der Waals surface area contributed by atoms with Crippen LogP contribution in [-0.2, 0) is 0 Å². The molecule has 4 aromatic rings. The minimum atomic E-state index is -0.372. The van der Waals surface area contributed by atoms with Crippen molar-refractivity contribution in [2.45, 2.75) is 25.8 Å². The first-order valence-electron chi connectivity index (χ1n) is 10.6. The molecule has 2 amide bonds. The number of nitrogens with zero attached hydrogens (tertiary/aromatic N) is 2. The van der Waals surface area contributed by atoms with E-state index in [0.29, 0.717) is 27.5 Å². The predicted molar refractivity (Wildman–Crippen MR) is 126 cm³/mol. The van der Waals surface area contributed by atoms with E-state index >= 15 is 0 Å². The molecule has 1 aliphatic rings. The van der Waals surface area contributed by atoms with E-state index < -0.39 is 0 Å². The Morgan fingerprint density at radius 1 is 1.06 bits per heavy atom. The number of anilines is 1. The van der Waals surface area contributed by atoms with Crippen LogP contribution < -0.4 is 10.6 Å². The highest BCUT2D eigenvalue weighted by Crippen LogP contribution is 2.29. The zero-order chi connectivity index (χ0) is 22.9. The maximum atomic E-state index is 13.4. The lowest BCUT2D eigenvalue weighted by atomic mass is 10.1. The Morgan fingerprint density at radius 3 is 2.58 bits per heavy atom. The zero-order valence-electron chi connectivity index (χ0n) is 17.8. The fourth-order valence-corrected chi connectivity index (χ4v) is 4.30. The van der Waals surface area contributed by atoms with Gasteiger partial charge in [-0.1, -0.05) is 23.8 Å². The average Bonchev–Trinajstić information content (AvgIpc) is 3.31. The number of hydrogen-bond acceptors (Lipinski definition) is 4. The summed E-state index contributed by atoms with van der Waals surface area (Å²) in [5, 5.41) is 12.7. The number of halogens is 1. The third kappa shape index (κ3) is 4.56. The molecule has 1 fully saturated rings. The molecular formula is C25H21FN4O2S. The van der Waals surface area contributed by atoms with E-state index in [2.05, 4.69) is 15.7 Å². The van der Waals surface area contributed by atoms with Gasteiger partial charge >= 0.3 is 0 Å². The van der Waals surface area contributed by atoms with Crippen molar-refractivity contribution >= 4 is 28.2 Å². The molecule has 5 rings (SSSR count). The summed E-state index contributed by atoms with van der Waals surface area (Å²) in [5.41, 5.74) is 3.76. The van der Waals surface area contributed by atoms with Gasteiger partial charge in [0.2, 0.25) is 0 Å². The molecule has 2 heterocycles. The number of thiophene rings is 1. The van der Waals surface area contributed by atoms with Crippen molar-refractivity contribution in [1.29, 1.82) is 0 Å². The molecule has 0 radical (unpaired) electrons. The molecule has 2 aromatic heterocycles. The van der Waals surface area contributed by atoms with E-state index in [-0.39, 0.29) is 23.7 Å². The van der Waals surface area contributed by atoms with Crippen LogP contribution in [0.5, 0.6) is 0 Å². The number of aryl methyl sites for hydroxylation is 1. The number of carbonyl (C=O) groups is 2. The molecule has 1 saturated carbocycles. The Balaban J connectivity index is 1.50. The van der Waals surface area contributed by atoms with E-state index in [4.69, 9.17) is 0 Å². The quantitative estimate of drug-likeness (QED) is 0.416. The number of aromatic nitrogens is 2. The number of nitrogens with one attached hydrogen (secondary N) is 2. The van der Waals surface area contributed by atoms with Crippen molar-refractivity contribution in [1.82, 2.24) is 15.1 Å². The topological polar surface area (TPSA) is 76.0 Å². The monoisotopic (exact) mass is 460 g/mol. The van der Waals surface area contributed by atoms with Crippen molar-refractivity contribution in [2.24, 2.45) is 0 Å². The van der Waals surface area contributed by atoms with Gasteiger partial charge in [-0.25, -0.2) is 9.07 Å². The second-order valence-corrected chi connectivity index (χ2v) is 8.96. The molecule has 1 aliphatic carbocycles. The summed E-state index contributed by atoms with van der Waals surface area (Å²) in [7, 11) is 0. The van der Waals surface area contributed by atoms with Gasteiger partial charge in [0.1, 0.15) is 16.5 Å². The molecule has 166 valence electrons. The second-order valence-electron chi connectivity index (χ2n) is 8.05. The number of benzene rings is 2. The standard InChI is InChI=1S/C25H21FN4O2S/c1-15-3-2-4-16(13-15)22-21(14-30(29-22)19-9-5-17(26)6-10-19)24(32)28-25-20(11-12-33-25)23(31)27-18-7-8-18/h2-6,9-14,18H,7-8H2,1H3,(H,27,31)(H,28,32). The van der Waals surface area contributed by atoms with E-state index in [1.54, 1.807) is 34.5 Å². The average molecular weight is 461 g/mol. The lowest BCUT2D eigenvalue weighted by Gasteiger charge is -2.07. The van der Waals surface area contributed by atoms with Gasteiger partial charge in [0, 0.05) is 17.8 Å². The molecule has 0 atom stereocenters. The largest absolute Gasteiger partial charge is 0.349 e. The SMILES string of the molecule is Cc1cccc(-c2nn(-c3ccc(F)cc3)cc2C(=O)Nc2sccc2C(=O)NC2CC2)c1. The van der Waals surface area contributed by atoms with Crippen molar-refractivity contribution in [3.05, 3.63) is 88.7 Å². The van der Waals surface area contributed by atoms with Gasteiger partial charge in [-0.3, -0.25) is 9.59 Å². The summed E-state index contributed by atoms with van der Waals surface area (Å²) in [6, 6.07) is 15.5. The van der Waals surface area contributed by atoms with Crippen LogP contribution >= 0.6 is 11.3 Å². The molecule has 0 spiro atoms. The Morgan fingerprint density at radius 2 is 1.85 bits per heavy atom. The van der Waals surface area contributed by atoms with E-state index in [9.17, 15) is 14.0 Å². The van der Waals surface area contributed by atoms with Gasteiger partial charge in [0.25, 0.3) is 11.8 Å². The maximum Gasteiger partial charge on any atom is 0.260 e. The third-order valence-electron chi connectivity index (χ3n) is 5.39. The fourth-order valence-electron chi connectivity index (χ4n) is 3.52. The smallest absolute Gasteiger partial charge is 0.260 e. The van der Waals surface area contributed by atoms with Gasteiger partial charge in [-0.2, -0.15) is 5.10 Å². The Hall–Kier alpha value is -3.78. The number of rotatable bonds is 6. The van der Waals surface area contributed by atoms with Gasteiger partial charge in [-0.05, 0) is 61.5 Å². The Bertz CT molecular complexity index is 1340. The molecule has 2 N–H and O–H groups in total. The fraction of sp³-hybridized carbons (Fsp3) is 0.160. The molecule has 0 saturated heterocycles. The highest BCUT2D eigenvalue weighted by atomic mass is 32.1. The van der Waals surface area contributed by atoms with Crippen LogP contribution in [0.4, 0.5) is 9.39 Å². The second kappa shape index (κ2) is 8.63. The Kier molecular flexibility index (Phi) is 5.51. The minimum Gasteiger partial charge on any atom is -0.349 e. The molecule has 2 aromatic carbocycles. The molecule has 0 unspecified atom stereocenters. The highest BCUT2D eigenvalue weighted by molar-refractivity contribution is 7.14. The normalized spacial score (nSPS) is 13.0. The van der Waals surface area contributed by atoms with Gasteiger partial charge in [-0.15, -0.1) is 11.3 Å². The van der Waals surface area contributed by atoms with Gasteiger partial charge < -0.3 is 10.6 Å². The van der Waals surface area contributed by atoms with Gasteiger partial charge in [0.05, 0.1) is 16.8 Å². The first-order chi connectivity index (χ1) is 16.0. The zero-order valence-corrected chi connectivity index (χ0v) is 18.7. The minimum absolute atomic E-state index is 0.185. The molecule has 0 aliphatic heterocycles. The summed E-state index contributed by atoms with van der Waals surface area (Å²) < 4.78 is 15.0. The van der Waals surface area contributed by atoms with Crippen LogP contribution in [0, 0.1) is 12.7 Å². The van der Waals surface area contributed by atoms with Crippen LogP contribution in [0.15, 0.2) is 66.2 Å². The summed E-state index contributed by atoms with van der Waals surface area (Å²) in [6.45, 7) is 1.97. The van der Waals surface area contributed by atoms with Crippen molar-refractivity contribution in [3.8, 4) is 16.9 Å². The first-order valence-corrected chi connectivity index (χ1v) is 11.5. The van der Waals surface area contributed by atoms with Crippen molar-refractivity contribution < 1.29 is 14.0 Å². The Labute approximate surface area is 194 Å². The van der Waals surface area contributed by atoms with Crippen LogP contribution in [0.1, 0.15) is 39.1 Å². The first kappa shape index (κ1) is 21.1. The third-order valence-corrected chi connectivity index (χ3v) is 6.22. The number of carbonyl (C=O) groups excluding carboxylic acids is 2. The van der Waals surface area contributed by atoms with Crippen LogP contribution in [0.3, 0.4) is 0 Å². The van der Waals surface area contributed by atoms with Crippen LogP contribution in [0.25, 0.3) is 16.9 Å². The maximum absolute atomic E-state index is 13.4. The highest BCUT2D eigenvalue weighted by Gasteiger charge is 2.26. The summed E-state index contributed by atoms with van der Waals surface area (Å²) >= 11 is 1.30. The molecule has 6 nitrogen and oxygen atoms in total. The summed E-state index contributed by atoms with van der Waals surface area (Å²) in [4.78, 5) is 25.9.